The van der Waals surface area contributed by atoms with Gasteiger partial charge in [-0.15, -0.1) is 0 Å². The number of nitrogens with zero attached hydrogens (tertiary/aromatic N) is 2. The van der Waals surface area contributed by atoms with Gasteiger partial charge in [0.25, 0.3) is 0 Å². The van der Waals surface area contributed by atoms with Gasteiger partial charge in [0.15, 0.2) is 0 Å². The van der Waals surface area contributed by atoms with Crippen LogP contribution in [0.1, 0.15) is 5.56 Å². The van der Waals surface area contributed by atoms with Crippen LogP contribution in [-0.2, 0) is 11.2 Å². The predicted molar refractivity (Wildman–Crippen MR) is 90.3 cm³/mol. The van der Waals surface area contributed by atoms with Gasteiger partial charge in [0.2, 0.25) is 5.91 Å². The highest BCUT2D eigenvalue weighted by atomic mass is 35.5. The molecule has 0 aliphatic carbocycles. The first kappa shape index (κ1) is 16.7. The SMILES string of the molecule is O=C(Cc1ccccc1F)N1CCN(c2ccc(F)c(Cl)c2)CC1. The van der Waals surface area contributed by atoms with Gasteiger partial charge in [0.1, 0.15) is 11.6 Å². The van der Waals surface area contributed by atoms with E-state index in [0.717, 1.165) is 5.69 Å². The number of amides is 1. The molecule has 1 aliphatic rings. The van der Waals surface area contributed by atoms with Gasteiger partial charge in [-0.05, 0) is 29.8 Å². The molecule has 1 fully saturated rings. The first-order chi connectivity index (χ1) is 11.5. The number of benzene rings is 2. The van der Waals surface area contributed by atoms with E-state index in [1.165, 1.54) is 12.1 Å². The van der Waals surface area contributed by atoms with Crippen molar-refractivity contribution < 1.29 is 13.6 Å². The fourth-order valence-corrected chi connectivity index (χ4v) is 2.99. The van der Waals surface area contributed by atoms with E-state index in [9.17, 15) is 13.6 Å². The van der Waals surface area contributed by atoms with Crippen molar-refractivity contribution in [3.8, 4) is 0 Å². The largest absolute Gasteiger partial charge is 0.368 e. The Balaban J connectivity index is 1.59. The molecule has 3 rings (SSSR count). The molecule has 0 N–H and O–H groups in total. The molecule has 24 heavy (non-hydrogen) atoms. The molecule has 0 saturated carbocycles. The molecule has 3 nitrogen and oxygen atoms in total. The maximum Gasteiger partial charge on any atom is 0.227 e. The molecule has 2 aromatic carbocycles. The number of carbonyl (C=O) groups is 1. The Morgan fingerprint density at radius 1 is 1.00 bits per heavy atom. The second kappa shape index (κ2) is 7.18. The van der Waals surface area contributed by atoms with Crippen LogP contribution in [0.25, 0.3) is 0 Å². The average molecular weight is 351 g/mol. The molecular weight excluding hydrogens is 334 g/mol. The number of carbonyl (C=O) groups excluding carboxylic acids is 1. The summed E-state index contributed by atoms with van der Waals surface area (Å²) in [6.07, 6.45) is 0.0645. The molecule has 0 spiro atoms. The van der Waals surface area contributed by atoms with Crippen LogP contribution in [0.5, 0.6) is 0 Å². The van der Waals surface area contributed by atoms with Gasteiger partial charge in [-0.3, -0.25) is 4.79 Å². The summed E-state index contributed by atoms with van der Waals surface area (Å²) in [5.74, 6) is -0.888. The molecule has 126 valence electrons. The first-order valence-corrected chi connectivity index (χ1v) is 8.13. The minimum Gasteiger partial charge on any atom is -0.368 e. The first-order valence-electron chi connectivity index (χ1n) is 7.76. The molecule has 0 aromatic heterocycles. The van der Waals surface area contributed by atoms with E-state index in [-0.39, 0.29) is 23.2 Å². The molecule has 6 heteroatoms. The Bertz CT molecular complexity index is 746. The normalized spacial score (nSPS) is 14.8. The van der Waals surface area contributed by atoms with Gasteiger partial charge >= 0.3 is 0 Å². The minimum absolute atomic E-state index is 0.0645. The fourth-order valence-electron chi connectivity index (χ4n) is 2.81. The summed E-state index contributed by atoms with van der Waals surface area (Å²) in [6, 6.07) is 10.9. The smallest absolute Gasteiger partial charge is 0.227 e. The lowest BCUT2D eigenvalue weighted by Crippen LogP contribution is -2.49. The summed E-state index contributed by atoms with van der Waals surface area (Å²) in [6.45, 7) is 2.35. The maximum absolute atomic E-state index is 13.6. The van der Waals surface area contributed by atoms with Gasteiger partial charge in [0, 0.05) is 31.9 Å². The number of rotatable bonds is 3. The third-order valence-corrected chi connectivity index (χ3v) is 4.49. The van der Waals surface area contributed by atoms with Crippen molar-refractivity contribution in [2.45, 2.75) is 6.42 Å². The summed E-state index contributed by atoms with van der Waals surface area (Å²) in [5.41, 5.74) is 1.25. The van der Waals surface area contributed by atoms with E-state index in [4.69, 9.17) is 11.6 Å². The van der Waals surface area contributed by atoms with E-state index >= 15 is 0 Å². The Hall–Kier alpha value is -2.14. The summed E-state index contributed by atoms with van der Waals surface area (Å²) in [7, 11) is 0. The predicted octanol–water partition coefficient (Wildman–Crippen LogP) is 3.51. The van der Waals surface area contributed by atoms with Crippen LogP contribution in [0.4, 0.5) is 14.5 Å². The molecule has 0 atom stereocenters. The van der Waals surface area contributed by atoms with Crippen molar-refractivity contribution in [3.05, 3.63) is 64.7 Å². The van der Waals surface area contributed by atoms with Gasteiger partial charge < -0.3 is 9.80 Å². The fraction of sp³-hybridized carbons (Fsp3) is 0.278. The van der Waals surface area contributed by atoms with Crippen LogP contribution in [-0.4, -0.2) is 37.0 Å². The number of anilines is 1. The molecule has 1 aliphatic heterocycles. The van der Waals surface area contributed by atoms with E-state index in [1.54, 1.807) is 35.2 Å². The zero-order chi connectivity index (χ0) is 17.1. The Morgan fingerprint density at radius 2 is 1.71 bits per heavy atom. The molecule has 0 unspecified atom stereocenters. The zero-order valence-corrected chi connectivity index (χ0v) is 13.8. The van der Waals surface area contributed by atoms with Crippen molar-refractivity contribution in [1.82, 2.24) is 4.90 Å². The second-order valence-corrected chi connectivity index (χ2v) is 6.14. The highest BCUT2D eigenvalue weighted by Gasteiger charge is 2.22. The van der Waals surface area contributed by atoms with Gasteiger partial charge in [-0.25, -0.2) is 8.78 Å². The average Bonchev–Trinajstić information content (AvgIpc) is 2.59. The summed E-state index contributed by atoms with van der Waals surface area (Å²) in [4.78, 5) is 16.1. The number of hydrogen-bond acceptors (Lipinski definition) is 2. The van der Waals surface area contributed by atoms with E-state index < -0.39 is 5.82 Å². The molecule has 1 saturated heterocycles. The number of hydrogen-bond donors (Lipinski definition) is 0. The van der Waals surface area contributed by atoms with E-state index in [0.29, 0.717) is 31.7 Å². The molecule has 0 radical (unpaired) electrons. The zero-order valence-electron chi connectivity index (χ0n) is 13.0. The summed E-state index contributed by atoms with van der Waals surface area (Å²) in [5, 5.41) is 0.0885. The summed E-state index contributed by atoms with van der Waals surface area (Å²) >= 11 is 5.82. The van der Waals surface area contributed by atoms with Crippen LogP contribution in [0.3, 0.4) is 0 Å². The lowest BCUT2D eigenvalue weighted by molar-refractivity contribution is -0.130. The second-order valence-electron chi connectivity index (χ2n) is 5.73. The lowest BCUT2D eigenvalue weighted by Gasteiger charge is -2.36. The maximum atomic E-state index is 13.6. The van der Waals surface area contributed by atoms with E-state index in [1.807, 2.05) is 0 Å². The Labute approximate surface area is 144 Å². The van der Waals surface area contributed by atoms with Crippen molar-refractivity contribution in [2.75, 3.05) is 31.1 Å². The third-order valence-electron chi connectivity index (χ3n) is 4.20. The van der Waals surface area contributed by atoms with Crippen molar-refractivity contribution in [3.63, 3.8) is 0 Å². The number of piperazine rings is 1. The van der Waals surface area contributed by atoms with Crippen molar-refractivity contribution >= 4 is 23.2 Å². The molecule has 1 amide bonds. The van der Waals surface area contributed by atoms with Crippen LogP contribution in [0.2, 0.25) is 5.02 Å². The topological polar surface area (TPSA) is 23.6 Å². The summed E-state index contributed by atoms with van der Waals surface area (Å²) < 4.78 is 26.9. The van der Waals surface area contributed by atoms with Crippen molar-refractivity contribution in [1.29, 1.82) is 0 Å². The Kier molecular flexibility index (Phi) is 5.00. The van der Waals surface area contributed by atoms with Gasteiger partial charge in [0.05, 0.1) is 11.4 Å². The van der Waals surface area contributed by atoms with E-state index in [2.05, 4.69) is 4.90 Å². The Morgan fingerprint density at radius 3 is 2.38 bits per heavy atom. The monoisotopic (exact) mass is 350 g/mol. The van der Waals surface area contributed by atoms with Crippen LogP contribution >= 0.6 is 11.6 Å². The van der Waals surface area contributed by atoms with Gasteiger partial charge in [-0.2, -0.15) is 0 Å². The standard InChI is InChI=1S/C18H17ClF2N2O/c19-15-12-14(5-6-17(15)21)22-7-9-23(10-8-22)18(24)11-13-3-1-2-4-16(13)20/h1-6,12H,7-11H2. The third kappa shape index (κ3) is 3.67. The van der Waals surface area contributed by atoms with Gasteiger partial charge in [-0.1, -0.05) is 29.8 Å². The van der Waals surface area contributed by atoms with Crippen LogP contribution < -0.4 is 4.90 Å². The highest BCUT2D eigenvalue weighted by Crippen LogP contribution is 2.23. The molecule has 0 bridgehead atoms. The lowest BCUT2D eigenvalue weighted by atomic mass is 10.1. The van der Waals surface area contributed by atoms with Crippen LogP contribution in [0.15, 0.2) is 42.5 Å². The molecular formula is C18H17ClF2N2O. The van der Waals surface area contributed by atoms with Crippen molar-refractivity contribution in [2.24, 2.45) is 0 Å². The quantitative estimate of drug-likeness (QED) is 0.845. The minimum atomic E-state index is -0.445. The number of halogens is 3. The highest BCUT2D eigenvalue weighted by molar-refractivity contribution is 6.31. The molecule has 1 heterocycles. The van der Waals surface area contributed by atoms with Crippen LogP contribution in [0, 0.1) is 11.6 Å². The molecule has 2 aromatic rings.